The monoisotopic (exact) mass is 390 g/mol. The number of hydrogen-bond acceptors (Lipinski definition) is 2. The van der Waals surface area contributed by atoms with E-state index in [0.29, 0.717) is 17.3 Å². The summed E-state index contributed by atoms with van der Waals surface area (Å²) in [5, 5.41) is 8.45. The van der Waals surface area contributed by atoms with Crippen LogP contribution >= 0.6 is 11.6 Å². The van der Waals surface area contributed by atoms with Gasteiger partial charge in [-0.25, -0.2) is 0 Å². The van der Waals surface area contributed by atoms with Crippen LogP contribution in [0, 0.1) is 24.7 Å². The zero-order valence-electron chi connectivity index (χ0n) is 15.9. The van der Waals surface area contributed by atoms with Gasteiger partial charge in [-0.15, -0.1) is 0 Å². The summed E-state index contributed by atoms with van der Waals surface area (Å²) in [7, 11) is 0. The largest absolute Gasteiger partial charge is 0.342 e. The Kier molecular flexibility index (Phi) is 5.17. The first kappa shape index (κ1) is 18.8. The maximum Gasteiger partial charge on any atom is 0.275 e. The highest BCUT2D eigenvalue weighted by atomic mass is 35.5. The van der Waals surface area contributed by atoms with E-state index in [1.165, 1.54) is 38.5 Å². The fraction of sp³-hybridized carbons (Fsp3) is 0.619. The van der Waals surface area contributed by atoms with E-state index in [0.717, 1.165) is 23.3 Å². The van der Waals surface area contributed by atoms with Gasteiger partial charge in [-0.1, -0.05) is 17.7 Å². The Morgan fingerprint density at radius 1 is 1.11 bits per heavy atom. The summed E-state index contributed by atoms with van der Waals surface area (Å²) in [4.78, 5) is 24.4. The SMILES string of the molecule is Cc1c(Cl)cccc1NC(=O)CNC(=O)C[NH2+]C12CC3CC(CC(C3)C1)C2. The first-order valence-corrected chi connectivity index (χ1v) is 10.5. The molecule has 5 nitrogen and oxygen atoms in total. The van der Waals surface area contributed by atoms with Gasteiger partial charge in [-0.2, -0.15) is 0 Å². The van der Waals surface area contributed by atoms with Gasteiger partial charge in [-0.3, -0.25) is 9.59 Å². The van der Waals surface area contributed by atoms with Crippen LogP contribution in [0.5, 0.6) is 0 Å². The van der Waals surface area contributed by atoms with E-state index in [4.69, 9.17) is 11.6 Å². The molecule has 4 N–H and O–H groups in total. The number of carbonyl (C=O) groups excluding carboxylic acids is 2. The third-order valence-electron chi connectivity index (χ3n) is 6.79. The Hall–Kier alpha value is -1.59. The number of rotatable bonds is 6. The molecule has 4 aliphatic carbocycles. The second-order valence-corrected chi connectivity index (χ2v) is 9.33. The quantitative estimate of drug-likeness (QED) is 0.696. The van der Waals surface area contributed by atoms with Crippen molar-refractivity contribution in [2.75, 3.05) is 18.4 Å². The van der Waals surface area contributed by atoms with E-state index in [9.17, 15) is 9.59 Å². The third-order valence-corrected chi connectivity index (χ3v) is 7.20. The van der Waals surface area contributed by atoms with Gasteiger partial charge in [0.15, 0.2) is 6.54 Å². The first-order chi connectivity index (χ1) is 12.9. The lowest BCUT2D eigenvalue weighted by molar-refractivity contribution is -0.730. The van der Waals surface area contributed by atoms with Crippen molar-refractivity contribution in [3.05, 3.63) is 28.8 Å². The highest BCUT2D eigenvalue weighted by molar-refractivity contribution is 6.31. The van der Waals surface area contributed by atoms with Crippen LogP contribution in [0.1, 0.15) is 44.1 Å². The summed E-state index contributed by atoms with van der Waals surface area (Å²) in [5.41, 5.74) is 1.79. The average Bonchev–Trinajstić information content (AvgIpc) is 2.61. The highest BCUT2D eigenvalue weighted by Crippen LogP contribution is 2.54. The van der Waals surface area contributed by atoms with Gasteiger partial charge in [0.1, 0.15) is 0 Å². The van der Waals surface area contributed by atoms with Crippen molar-refractivity contribution < 1.29 is 14.9 Å². The molecule has 0 unspecified atom stereocenters. The summed E-state index contributed by atoms with van der Waals surface area (Å²) < 4.78 is 0. The van der Waals surface area contributed by atoms with E-state index in [-0.39, 0.29) is 23.9 Å². The number of nitrogens with two attached hydrogens (primary N) is 1. The molecule has 4 aliphatic rings. The van der Waals surface area contributed by atoms with Crippen LogP contribution in [0.4, 0.5) is 5.69 Å². The molecule has 27 heavy (non-hydrogen) atoms. The Balaban J connectivity index is 1.23. The second-order valence-electron chi connectivity index (χ2n) is 8.93. The van der Waals surface area contributed by atoms with Crippen molar-refractivity contribution in [3.63, 3.8) is 0 Å². The Labute approximate surface area is 165 Å². The molecule has 4 fully saturated rings. The van der Waals surface area contributed by atoms with Gasteiger partial charge in [0.2, 0.25) is 5.91 Å². The summed E-state index contributed by atoms with van der Waals surface area (Å²) in [5.74, 6) is 2.33. The normalized spacial score (nSPS) is 31.0. The van der Waals surface area contributed by atoms with E-state index >= 15 is 0 Å². The van der Waals surface area contributed by atoms with E-state index in [1.54, 1.807) is 12.1 Å². The van der Waals surface area contributed by atoms with Crippen LogP contribution in [0.15, 0.2) is 18.2 Å². The van der Waals surface area contributed by atoms with Gasteiger partial charge >= 0.3 is 0 Å². The van der Waals surface area contributed by atoms with Crippen LogP contribution in [0.25, 0.3) is 0 Å². The van der Waals surface area contributed by atoms with E-state index in [1.807, 2.05) is 13.0 Å². The molecule has 0 radical (unpaired) electrons. The maximum absolute atomic E-state index is 12.3. The Bertz CT molecular complexity index is 714. The van der Waals surface area contributed by atoms with Crippen LogP contribution in [0.2, 0.25) is 5.02 Å². The number of quaternary nitrogens is 1. The molecule has 0 heterocycles. The number of carbonyl (C=O) groups is 2. The fourth-order valence-corrected chi connectivity index (χ4v) is 6.10. The molecule has 4 saturated carbocycles. The van der Waals surface area contributed by atoms with Crippen LogP contribution < -0.4 is 16.0 Å². The topological polar surface area (TPSA) is 74.8 Å². The number of halogens is 1. The number of anilines is 1. The molecule has 0 atom stereocenters. The van der Waals surface area contributed by atoms with Crippen molar-refractivity contribution in [1.29, 1.82) is 0 Å². The minimum Gasteiger partial charge on any atom is -0.342 e. The smallest absolute Gasteiger partial charge is 0.275 e. The third kappa shape index (κ3) is 4.14. The standard InChI is InChI=1S/C21H28ClN3O2/c1-13-17(22)3-2-4-18(13)25-20(27)11-23-19(26)12-24-21-8-14-5-15(9-21)7-16(6-14)10-21/h2-4,14-16,24H,5-12H2,1H3,(H,23,26)(H,25,27)/p+1. The number of amides is 2. The minimum atomic E-state index is -0.233. The van der Waals surface area contributed by atoms with Crippen molar-refractivity contribution in [2.24, 2.45) is 17.8 Å². The van der Waals surface area contributed by atoms with Gasteiger partial charge < -0.3 is 16.0 Å². The number of hydrogen-bond donors (Lipinski definition) is 3. The van der Waals surface area contributed by atoms with Crippen LogP contribution in [-0.4, -0.2) is 30.4 Å². The average molecular weight is 391 g/mol. The zero-order valence-corrected chi connectivity index (χ0v) is 16.6. The van der Waals surface area contributed by atoms with Crippen molar-refractivity contribution in [2.45, 2.75) is 51.0 Å². The molecular formula is C21H29ClN3O2+. The van der Waals surface area contributed by atoms with Gasteiger partial charge in [0, 0.05) is 30.0 Å². The molecule has 0 saturated heterocycles. The number of nitrogens with one attached hydrogen (secondary N) is 2. The lowest BCUT2D eigenvalue weighted by atomic mass is 9.53. The molecule has 5 rings (SSSR count). The highest BCUT2D eigenvalue weighted by Gasteiger charge is 2.53. The lowest BCUT2D eigenvalue weighted by Gasteiger charge is -2.54. The minimum absolute atomic E-state index is 0.0144. The van der Waals surface area contributed by atoms with Crippen molar-refractivity contribution >= 4 is 29.1 Å². The summed E-state index contributed by atoms with van der Waals surface area (Å²) >= 11 is 6.07. The number of benzene rings is 1. The molecule has 0 aliphatic heterocycles. The maximum atomic E-state index is 12.3. The molecule has 146 valence electrons. The lowest BCUT2D eigenvalue weighted by Crippen LogP contribution is -3.00. The molecule has 1 aromatic carbocycles. The van der Waals surface area contributed by atoms with Crippen LogP contribution in [0.3, 0.4) is 0 Å². The molecule has 0 aromatic heterocycles. The summed E-state index contributed by atoms with van der Waals surface area (Å²) in [6.45, 7) is 2.26. The first-order valence-electron chi connectivity index (χ1n) is 10.1. The summed E-state index contributed by atoms with van der Waals surface area (Å²) in [6.07, 6.45) is 8.01. The Morgan fingerprint density at radius 3 is 2.37 bits per heavy atom. The van der Waals surface area contributed by atoms with E-state index < -0.39 is 0 Å². The van der Waals surface area contributed by atoms with Crippen molar-refractivity contribution in [1.82, 2.24) is 5.32 Å². The molecule has 4 bridgehead atoms. The second kappa shape index (κ2) is 7.44. The van der Waals surface area contributed by atoms with Gasteiger partial charge in [-0.05, 0) is 61.6 Å². The Morgan fingerprint density at radius 2 is 1.74 bits per heavy atom. The predicted octanol–water partition coefficient (Wildman–Crippen LogP) is 2.24. The molecule has 2 amide bonds. The van der Waals surface area contributed by atoms with Crippen LogP contribution in [-0.2, 0) is 9.59 Å². The molecular weight excluding hydrogens is 362 g/mol. The molecule has 0 spiro atoms. The predicted molar refractivity (Wildman–Crippen MR) is 106 cm³/mol. The zero-order chi connectivity index (χ0) is 19.0. The van der Waals surface area contributed by atoms with Crippen molar-refractivity contribution in [3.8, 4) is 0 Å². The van der Waals surface area contributed by atoms with E-state index in [2.05, 4.69) is 16.0 Å². The molecule has 6 heteroatoms. The van der Waals surface area contributed by atoms with Gasteiger partial charge in [0.25, 0.3) is 5.91 Å². The van der Waals surface area contributed by atoms with Gasteiger partial charge in [0.05, 0.1) is 12.1 Å². The molecule has 1 aromatic rings. The fourth-order valence-electron chi connectivity index (χ4n) is 5.93. The summed E-state index contributed by atoms with van der Waals surface area (Å²) in [6, 6.07) is 5.39.